The zero-order chi connectivity index (χ0) is 8.72. The van der Waals surface area contributed by atoms with Gasteiger partial charge in [0.2, 0.25) is 0 Å². The van der Waals surface area contributed by atoms with Crippen molar-refractivity contribution in [2.75, 3.05) is 0 Å². The molecule has 0 amide bonds. The number of hydrogen-bond donors (Lipinski definition) is 0. The lowest BCUT2D eigenvalue weighted by Crippen LogP contribution is -1.90. The van der Waals surface area contributed by atoms with Crippen LogP contribution in [0.2, 0.25) is 0 Å². The second-order valence-electron chi connectivity index (χ2n) is 3.76. The summed E-state index contributed by atoms with van der Waals surface area (Å²) in [4.78, 5) is 0. The van der Waals surface area contributed by atoms with Gasteiger partial charge >= 0.3 is 0 Å². The van der Waals surface area contributed by atoms with Crippen LogP contribution in [0.3, 0.4) is 0 Å². The van der Waals surface area contributed by atoms with Gasteiger partial charge in [0.15, 0.2) is 0 Å². The Morgan fingerprint density at radius 1 is 1.00 bits per heavy atom. The van der Waals surface area contributed by atoms with Crippen molar-refractivity contribution in [2.45, 2.75) is 27.2 Å². The van der Waals surface area contributed by atoms with Crippen molar-refractivity contribution in [2.24, 2.45) is 0 Å². The summed E-state index contributed by atoms with van der Waals surface area (Å²) in [6.45, 7) is 6.59. The summed E-state index contributed by atoms with van der Waals surface area (Å²) >= 11 is 0. The van der Waals surface area contributed by atoms with E-state index in [0.717, 1.165) is 6.42 Å². The smallest absolute Gasteiger partial charge is 0.00579 e. The van der Waals surface area contributed by atoms with E-state index in [1.165, 1.54) is 27.8 Å². The molecule has 12 heavy (non-hydrogen) atoms. The SMILES string of the molecule is CC1=Cc2c(C)ccc(C)c2C1. The Bertz CT molecular complexity index is 357. The first-order valence-corrected chi connectivity index (χ1v) is 4.45. The fraction of sp³-hybridized carbons (Fsp3) is 0.333. The second kappa shape index (κ2) is 2.48. The number of fused-ring (bicyclic) bond motifs is 1. The number of aryl methyl sites for hydroxylation is 2. The van der Waals surface area contributed by atoms with Crippen molar-refractivity contribution in [3.8, 4) is 0 Å². The third-order valence-corrected chi connectivity index (χ3v) is 2.66. The highest BCUT2D eigenvalue weighted by molar-refractivity contribution is 5.67. The van der Waals surface area contributed by atoms with Gasteiger partial charge in [-0.05, 0) is 49.4 Å². The van der Waals surface area contributed by atoms with Crippen LogP contribution in [0.1, 0.15) is 29.2 Å². The molecule has 2 rings (SSSR count). The van der Waals surface area contributed by atoms with E-state index in [0.29, 0.717) is 0 Å². The average Bonchev–Trinajstić information content (AvgIpc) is 2.41. The molecule has 0 aliphatic heterocycles. The third-order valence-electron chi connectivity index (χ3n) is 2.66. The van der Waals surface area contributed by atoms with E-state index in [4.69, 9.17) is 0 Å². The summed E-state index contributed by atoms with van der Waals surface area (Å²) < 4.78 is 0. The molecule has 0 nitrogen and oxygen atoms in total. The van der Waals surface area contributed by atoms with E-state index in [9.17, 15) is 0 Å². The lowest BCUT2D eigenvalue weighted by Gasteiger charge is -2.05. The third kappa shape index (κ3) is 0.989. The molecule has 0 unspecified atom stereocenters. The molecular formula is C12H14. The van der Waals surface area contributed by atoms with Gasteiger partial charge in [-0.25, -0.2) is 0 Å². The second-order valence-corrected chi connectivity index (χ2v) is 3.76. The normalized spacial score (nSPS) is 14.4. The zero-order valence-corrected chi connectivity index (χ0v) is 7.94. The summed E-state index contributed by atoms with van der Waals surface area (Å²) in [6.07, 6.45) is 3.47. The van der Waals surface area contributed by atoms with Crippen LogP contribution in [0.5, 0.6) is 0 Å². The minimum absolute atomic E-state index is 1.16. The Kier molecular flexibility index (Phi) is 1.57. The van der Waals surface area contributed by atoms with Gasteiger partial charge in [-0.15, -0.1) is 0 Å². The number of allylic oxidation sites excluding steroid dienone is 1. The van der Waals surface area contributed by atoms with Crippen LogP contribution >= 0.6 is 0 Å². The molecule has 1 aromatic rings. The topological polar surface area (TPSA) is 0 Å². The molecule has 0 fully saturated rings. The molecule has 0 saturated carbocycles. The molecule has 1 aromatic carbocycles. The Balaban J connectivity index is 2.66. The molecule has 0 heterocycles. The number of benzene rings is 1. The summed E-state index contributed by atoms with van der Waals surface area (Å²) in [5.74, 6) is 0. The van der Waals surface area contributed by atoms with Crippen LogP contribution in [0, 0.1) is 13.8 Å². The maximum Gasteiger partial charge on any atom is -0.00579 e. The molecule has 0 spiro atoms. The molecule has 0 N–H and O–H groups in total. The van der Waals surface area contributed by atoms with Crippen LogP contribution < -0.4 is 0 Å². The van der Waals surface area contributed by atoms with Gasteiger partial charge in [-0.1, -0.05) is 23.8 Å². The lowest BCUT2D eigenvalue weighted by molar-refractivity contribution is 1.15. The van der Waals surface area contributed by atoms with E-state index in [-0.39, 0.29) is 0 Å². The minimum atomic E-state index is 1.16. The first-order valence-electron chi connectivity index (χ1n) is 4.45. The van der Waals surface area contributed by atoms with Gasteiger partial charge < -0.3 is 0 Å². The average molecular weight is 158 g/mol. The standard InChI is InChI=1S/C12H14/c1-8-6-11-9(2)4-5-10(3)12(11)7-8/h4-6H,7H2,1-3H3. The van der Waals surface area contributed by atoms with Crippen LogP contribution in [0.25, 0.3) is 6.08 Å². The van der Waals surface area contributed by atoms with Crippen molar-refractivity contribution in [3.05, 3.63) is 40.0 Å². The van der Waals surface area contributed by atoms with Crippen molar-refractivity contribution < 1.29 is 0 Å². The van der Waals surface area contributed by atoms with Crippen molar-refractivity contribution in [1.29, 1.82) is 0 Å². The first kappa shape index (κ1) is 7.60. The van der Waals surface area contributed by atoms with Gasteiger partial charge in [0.25, 0.3) is 0 Å². The molecular weight excluding hydrogens is 144 g/mol. The van der Waals surface area contributed by atoms with E-state index in [1.54, 1.807) is 0 Å². The highest BCUT2D eigenvalue weighted by atomic mass is 14.2. The molecule has 1 aliphatic carbocycles. The summed E-state index contributed by atoms with van der Waals surface area (Å²) in [5.41, 5.74) is 7.33. The summed E-state index contributed by atoms with van der Waals surface area (Å²) in [5, 5.41) is 0. The van der Waals surface area contributed by atoms with Gasteiger partial charge in [0.1, 0.15) is 0 Å². The summed E-state index contributed by atoms with van der Waals surface area (Å²) in [6, 6.07) is 4.43. The molecule has 0 heteroatoms. The Morgan fingerprint density at radius 3 is 2.33 bits per heavy atom. The maximum absolute atomic E-state index is 2.32. The predicted octanol–water partition coefficient (Wildman–Crippen LogP) is 3.26. The molecule has 0 radical (unpaired) electrons. The molecule has 1 aliphatic rings. The maximum atomic E-state index is 2.32. The van der Waals surface area contributed by atoms with Crippen molar-refractivity contribution in [3.63, 3.8) is 0 Å². The van der Waals surface area contributed by atoms with Gasteiger partial charge in [0.05, 0.1) is 0 Å². The highest BCUT2D eigenvalue weighted by Crippen LogP contribution is 2.29. The minimum Gasteiger partial charge on any atom is -0.0683 e. The van der Waals surface area contributed by atoms with Crippen molar-refractivity contribution >= 4 is 6.08 Å². The Hall–Kier alpha value is -1.04. The van der Waals surface area contributed by atoms with Gasteiger partial charge in [0, 0.05) is 0 Å². The highest BCUT2D eigenvalue weighted by Gasteiger charge is 2.13. The summed E-state index contributed by atoms with van der Waals surface area (Å²) in [7, 11) is 0. The van der Waals surface area contributed by atoms with Crippen LogP contribution in [0.15, 0.2) is 17.7 Å². The van der Waals surface area contributed by atoms with Crippen LogP contribution in [-0.2, 0) is 6.42 Å². The Morgan fingerprint density at radius 2 is 1.67 bits per heavy atom. The van der Waals surface area contributed by atoms with E-state index >= 15 is 0 Å². The monoisotopic (exact) mass is 158 g/mol. The van der Waals surface area contributed by atoms with E-state index in [1.807, 2.05) is 0 Å². The first-order chi connectivity index (χ1) is 5.68. The zero-order valence-electron chi connectivity index (χ0n) is 7.94. The number of rotatable bonds is 0. The van der Waals surface area contributed by atoms with Crippen LogP contribution in [-0.4, -0.2) is 0 Å². The lowest BCUT2D eigenvalue weighted by atomic mass is 9.99. The van der Waals surface area contributed by atoms with E-state index in [2.05, 4.69) is 39.0 Å². The predicted molar refractivity (Wildman–Crippen MR) is 53.3 cm³/mol. The van der Waals surface area contributed by atoms with Gasteiger partial charge in [-0.3, -0.25) is 0 Å². The fourth-order valence-electron chi connectivity index (χ4n) is 1.90. The fourth-order valence-corrected chi connectivity index (χ4v) is 1.90. The van der Waals surface area contributed by atoms with Crippen LogP contribution in [0.4, 0.5) is 0 Å². The molecule has 0 saturated heterocycles. The molecule has 0 aromatic heterocycles. The Labute approximate surface area is 73.9 Å². The largest absolute Gasteiger partial charge is 0.0683 e. The quantitative estimate of drug-likeness (QED) is 0.543. The molecule has 62 valence electrons. The van der Waals surface area contributed by atoms with E-state index < -0.39 is 0 Å². The number of hydrogen-bond acceptors (Lipinski definition) is 0. The van der Waals surface area contributed by atoms with Gasteiger partial charge in [-0.2, -0.15) is 0 Å². The van der Waals surface area contributed by atoms with Crippen molar-refractivity contribution in [1.82, 2.24) is 0 Å². The molecule has 0 atom stereocenters. The molecule has 0 bridgehead atoms.